The summed E-state index contributed by atoms with van der Waals surface area (Å²) in [7, 11) is 0. The molecule has 0 atom stereocenters. The number of esters is 1. The van der Waals surface area contributed by atoms with Gasteiger partial charge < -0.3 is 9.47 Å². The molecule has 0 aliphatic carbocycles. The zero-order valence-electron chi connectivity index (χ0n) is 23.1. The van der Waals surface area contributed by atoms with Crippen molar-refractivity contribution < 1.29 is 19.1 Å². The molecule has 3 rings (SSSR count). The lowest BCUT2D eigenvalue weighted by Gasteiger charge is -2.33. The number of hydrogen-bond acceptors (Lipinski definition) is 5. The SMILES string of the molecule is Cc1cccc(C(=O)Oc2c(Br)cc(Br)cc2C=NNC(=O)COc2ccc(C(C)(C)CC(C)(C)C)cc2)c1. The first kappa shape index (κ1) is 30.6. The number of rotatable bonds is 9. The summed E-state index contributed by atoms with van der Waals surface area (Å²) in [5.74, 6) is -0.0310. The summed E-state index contributed by atoms with van der Waals surface area (Å²) in [5.41, 5.74) is 5.79. The van der Waals surface area contributed by atoms with Crippen LogP contribution in [0.2, 0.25) is 0 Å². The average Bonchev–Trinajstić information content (AvgIpc) is 2.83. The molecule has 0 saturated heterocycles. The molecule has 8 heteroatoms. The summed E-state index contributed by atoms with van der Waals surface area (Å²) in [6.45, 7) is 12.9. The van der Waals surface area contributed by atoms with Crippen LogP contribution in [0.25, 0.3) is 0 Å². The monoisotopic (exact) mass is 656 g/mol. The van der Waals surface area contributed by atoms with E-state index in [0.717, 1.165) is 16.5 Å². The Labute approximate surface area is 247 Å². The zero-order valence-corrected chi connectivity index (χ0v) is 26.3. The van der Waals surface area contributed by atoms with Crippen molar-refractivity contribution in [1.29, 1.82) is 0 Å². The van der Waals surface area contributed by atoms with Crippen LogP contribution in [0.5, 0.6) is 11.5 Å². The van der Waals surface area contributed by atoms with Gasteiger partial charge in [0.05, 0.1) is 16.3 Å². The molecule has 0 saturated carbocycles. The Morgan fingerprint density at radius 3 is 2.31 bits per heavy atom. The number of aryl methyl sites for hydroxylation is 1. The quantitative estimate of drug-likeness (QED) is 0.110. The molecule has 0 heterocycles. The number of nitrogens with one attached hydrogen (secondary N) is 1. The van der Waals surface area contributed by atoms with Crippen LogP contribution in [0.1, 0.15) is 68.1 Å². The number of hydrazone groups is 1. The van der Waals surface area contributed by atoms with Crippen LogP contribution < -0.4 is 14.9 Å². The molecule has 0 bridgehead atoms. The van der Waals surface area contributed by atoms with E-state index in [1.54, 1.807) is 30.3 Å². The van der Waals surface area contributed by atoms with Crippen LogP contribution in [0.3, 0.4) is 0 Å². The van der Waals surface area contributed by atoms with E-state index < -0.39 is 11.9 Å². The lowest BCUT2D eigenvalue weighted by atomic mass is 9.72. The number of halogens is 2. The van der Waals surface area contributed by atoms with Gasteiger partial charge in [-0.25, -0.2) is 10.2 Å². The number of nitrogens with zero attached hydrogens (tertiary/aromatic N) is 1. The van der Waals surface area contributed by atoms with Crippen LogP contribution in [-0.2, 0) is 10.2 Å². The molecule has 3 aromatic carbocycles. The van der Waals surface area contributed by atoms with Crippen LogP contribution in [-0.4, -0.2) is 24.7 Å². The molecule has 0 unspecified atom stereocenters. The minimum atomic E-state index is -0.498. The molecule has 0 radical (unpaired) electrons. The predicted molar refractivity (Wildman–Crippen MR) is 163 cm³/mol. The Balaban J connectivity index is 1.61. The maximum Gasteiger partial charge on any atom is 0.343 e. The molecule has 0 aliphatic heterocycles. The number of ether oxygens (including phenoxy) is 2. The Morgan fingerprint density at radius 2 is 1.67 bits per heavy atom. The summed E-state index contributed by atoms with van der Waals surface area (Å²) in [6, 6.07) is 18.5. The van der Waals surface area contributed by atoms with E-state index in [1.165, 1.54) is 11.8 Å². The van der Waals surface area contributed by atoms with Crippen molar-refractivity contribution in [3.63, 3.8) is 0 Å². The topological polar surface area (TPSA) is 77.0 Å². The molecule has 1 amide bonds. The minimum Gasteiger partial charge on any atom is -0.484 e. The predicted octanol–water partition coefficient (Wildman–Crippen LogP) is 7.98. The van der Waals surface area contributed by atoms with Crippen LogP contribution in [0, 0.1) is 12.3 Å². The highest BCUT2D eigenvalue weighted by molar-refractivity contribution is 9.11. The Morgan fingerprint density at radius 1 is 0.974 bits per heavy atom. The van der Waals surface area contributed by atoms with Gasteiger partial charge in [0, 0.05) is 10.0 Å². The van der Waals surface area contributed by atoms with Gasteiger partial charge in [0.25, 0.3) is 5.91 Å². The zero-order chi connectivity index (χ0) is 28.8. The number of amides is 1. The van der Waals surface area contributed by atoms with Crippen molar-refractivity contribution in [2.24, 2.45) is 10.5 Å². The van der Waals surface area contributed by atoms with Gasteiger partial charge in [-0.05, 0) is 82.1 Å². The Hall–Kier alpha value is -2.97. The largest absolute Gasteiger partial charge is 0.484 e. The van der Waals surface area contributed by atoms with E-state index in [1.807, 2.05) is 37.3 Å². The lowest BCUT2D eigenvalue weighted by molar-refractivity contribution is -0.123. The fourth-order valence-electron chi connectivity index (χ4n) is 4.49. The van der Waals surface area contributed by atoms with Gasteiger partial charge in [-0.3, -0.25) is 4.79 Å². The summed E-state index contributed by atoms with van der Waals surface area (Å²) in [6.07, 6.45) is 2.46. The maximum absolute atomic E-state index is 12.7. The van der Waals surface area contributed by atoms with E-state index in [2.05, 4.69) is 77.0 Å². The van der Waals surface area contributed by atoms with Crippen LogP contribution >= 0.6 is 31.9 Å². The highest BCUT2D eigenvalue weighted by atomic mass is 79.9. The fourth-order valence-corrected chi connectivity index (χ4v) is 5.83. The van der Waals surface area contributed by atoms with Gasteiger partial charge in [-0.2, -0.15) is 5.10 Å². The van der Waals surface area contributed by atoms with E-state index >= 15 is 0 Å². The van der Waals surface area contributed by atoms with Crippen molar-refractivity contribution in [3.8, 4) is 11.5 Å². The fraction of sp³-hybridized carbons (Fsp3) is 0.323. The Bertz CT molecular complexity index is 1360. The van der Waals surface area contributed by atoms with Gasteiger partial charge in [0.15, 0.2) is 12.4 Å². The van der Waals surface area contributed by atoms with Crippen LogP contribution in [0.15, 0.2) is 74.7 Å². The van der Waals surface area contributed by atoms with E-state index in [4.69, 9.17) is 9.47 Å². The van der Waals surface area contributed by atoms with E-state index in [9.17, 15) is 9.59 Å². The van der Waals surface area contributed by atoms with Crippen molar-refractivity contribution in [1.82, 2.24) is 5.43 Å². The van der Waals surface area contributed by atoms with E-state index in [0.29, 0.717) is 21.3 Å². The second-order valence-electron chi connectivity index (χ2n) is 11.3. The number of carbonyl (C=O) groups is 2. The smallest absolute Gasteiger partial charge is 0.343 e. The number of benzene rings is 3. The Kier molecular flexibility index (Phi) is 10.1. The summed E-state index contributed by atoms with van der Waals surface area (Å²) < 4.78 is 12.6. The molecule has 6 nitrogen and oxygen atoms in total. The first-order valence-electron chi connectivity index (χ1n) is 12.6. The van der Waals surface area contributed by atoms with Crippen molar-refractivity contribution in [3.05, 3.63) is 91.9 Å². The highest BCUT2D eigenvalue weighted by Gasteiger charge is 2.27. The van der Waals surface area contributed by atoms with Crippen LogP contribution in [0.4, 0.5) is 0 Å². The highest BCUT2D eigenvalue weighted by Crippen LogP contribution is 2.37. The van der Waals surface area contributed by atoms with Gasteiger partial charge in [0.1, 0.15) is 5.75 Å². The van der Waals surface area contributed by atoms with Gasteiger partial charge in [-0.1, -0.05) is 80.4 Å². The van der Waals surface area contributed by atoms with E-state index in [-0.39, 0.29) is 23.2 Å². The molecule has 0 fully saturated rings. The second-order valence-corrected chi connectivity index (χ2v) is 13.1. The summed E-state index contributed by atoms with van der Waals surface area (Å²) in [4.78, 5) is 25.1. The molecule has 0 aromatic heterocycles. The third-order valence-corrected chi connectivity index (χ3v) is 6.90. The maximum atomic E-state index is 12.7. The first-order chi connectivity index (χ1) is 18.2. The molecule has 39 heavy (non-hydrogen) atoms. The normalized spacial score (nSPS) is 11.9. The first-order valence-corrected chi connectivity index (χ1v) is 14.2. The van der Waals surface area contributed by atoms with Crippen molar-refractivity contribution in [2.45, 2.75) is 53.4 Å². The van der Waals surface area contributed by atoms with Gasteiger partial charge >= 0.3 is 5.97 Å². The van der Waals surface area contributed by atoms with Crippen molar-refractivity contribution >= 4 is 50.0 Å². The molecule has 0 aliphatic rings. The molecule has 0 spiro atoms. The molecular formula is C31H34Br2N2O4. The standard InChI is InChI=1S/C31H34Br2N2O4/c1-20-8-7-9-21(14-20)29(37)39-28-22(15-24(32)16-26(28)33)17-34-35-27(36)18-38-25-12-10-23(11-13-25)31(5,6)19-30(2,3)4/h7-17H,18-19H2,1-6H3,(H,35,36). The third kappa shape index (κ3) is 9.32. The second kappa shape index (κ2) is 12.9. The molecule has 1 N–H and O–H groups in total. The summed E-state index contributed by atoms with van der Waals surface area (Å²) >= 11 is 6.87. The van der Waals surface area contributed by atoms with Gasteiger partial charge in [-0.15, -0.1) is 0 Å². The molecular weight excluding hydrogens is 624 g/mol. The number of hydrogen-bond donors (Lipinski definition) is 1. The molecule has 206 valence electrons. The van der Waals surface area contributed by atoms with Crippen molar-refractivity contribution in [2.75, 3.05) is 6.61 Å². The number of carbonyl (C=O) groups excluding carboxylic acids is 2. The molecule has 3 aromatic rings. The van der Waals surface area contributed by atoms with Gasteiger partial charge in [0.2, 0.25) is 0 Å². The summed E-state index contributed by atoms with van der Waals surface area (Å²) in [5, 5.41) is 4.03. The minimum absolute atomic E-state index is 0.0253. The lowest BCUT2D eigenvalue weighted by Crippen LogP contribution is -2.25. The third-order valence-electron chi connectivity index (χ3n) is 5.86. The average molecular weight is 658 g/mol.